The largest absolute Gasteiger partial charge is 0.475 e. The van der Waals surface area contributed by atoms with E-state index in [0.29, 0.717) is 12.4 Å². The van der Waals surface area contributed by atoms with Crippen molar-refractivity contribution < 1.29 is 9.53 Å². The first-order valence-electron chi connectivity index (χ1n) is 7.51. The van der Waals surface area contributed by atoms with Crippen LogP contribution < -0.4 is 10.1 Å². The molecule has 108 valence electrons. The number of nitrogens with zero attached hydrogens (tertiary/aromatic N) is 1. The van der Waals surface area contributed by atoms with Gasteiger partial charge >= 0.3 is 0 Å². The van der Waals surface area contributed by atoms with Crippen LogP contribution in [0, 0.1) is 17.8 Å². The Morgan fingerprint density at radius 2 is 2.15 bits per heavy atom. The first-order valence-corrected chi connectivity index (χ1v) is 7.51. The molecular weight excluding hydrogens is 252 g/mol. The maximum Gasteiger partial charge on any atom is 0.223 e. The lowest BCUT2D eigenvalue weighted by molar-refractivity contribution is -0.125. The fourth-order valence-electron chi connectivity index (χ4n) is 3.14. The van der Waals surface area contributed by atoms with E-state index in [1.807, 2.05) is 26.0 Å². The Kier molecular flexibility index (Phi) is 3.64. The molecule has 0 saturated heterocycles. The summed E-state index contributed by atoms with van der Waals surface area (Å²) in [6.45, 7) is 4.45. The van der Waals surface area contributed by atoms with Crippen LogP contribution >= 0.6 is 0 Å². The molecule has 2 saturated carbocycles. The Balaban J connectivity index is 1.56. The standard InChI is InChI=1S/C16H22N2O2/c1-10(2)20-16-11(4-3-5-17-16)9-18-15(19)14-7-12-6-13(12)8-14/h3-5,10,12-14H,6-9H2,1-2H3,(H,18,19). The summed E-state index contributed by atoms with van der Waals surface area (Å²) in [6.07, 6.45) is 5.31. The van der Waals surface area contributed by atoms with Crippen LogP contribution in [0.5, 0.6) is 5.88 Å². The molecule has 2 aliphatic rings. The van der Waals surface area contributed by atoms with Crippen LogP contribution in [0.1, 0.15) is 38.7 Å². The van der Waals surface area contributed by atoms with E-state index in [4.69, 9.17) is 4.74 Å². The third kappa shape index (κ3) is 2.94. The first-order chi connectivity index (χ1) is 9.63. The maximum atomic E-state index is 12.1. The minimum atomic E-state index is 0.0845. The molecule has 1 aromatic rings. The highest BCUT2D eigenvalue weighted by atomic mass is 16.5. The summed E-state index contributed by atoms with van der Waals surface area (Å²) in [4.78, 5) is 16.4. The quantitative estimate of drug-likeness (QED) is 0.897. The zero-order chi connectivity index (χ0) is 14.1. The number of fused-ring (bicyclic) bond motifs is 1. The summed E-state index contributed by atoms with van der Waals surface area (Å²) in [7, 11) is 0. The van der Waals surface area contributed by atoms with Crippen molar-refractivity contribution in [3.8, 4) is 5.88 Å². The van der Waals surface area contributed by atoms with E-state index >= 15 is 0 Å². The predicted molar refractivity (Wildman–Crippen MR) is 76.2 cm³/mol. The summed E-state index contributed by atoms with van der Waals surface area (Å²) in [6, 6.07) is 3.83. The smallest absolute Gasteiger partial charge is 0.223 e. The molecule has 0 radical (unpaired) electrons. The average molecular weight is 274 g/mol. The van der Waals surface area contributed by atoms with Gasteiger partial charge in [0, 0.05) is 24.2 Å². The molecule has 3 rings (SSSR count). The van der Waals surface area contributed by atoms with Gasteiger partial charge in [0.15, 0.2) is 0 Å². The highest BCUT2D eigenvalue weighted by molar-refractivity contribution is 5.79. The fraction of sp³-hybridized carbons (Fsp3) is 0.625. The average Bonchev–Trinajstić information content (AvgIpc) is 3.03. The van der Waals surface area contributed by atoms with Crippen LogP contribution in [-0.4, -0.2) is 17.0 Å². The number of hydrogen-bond acceptors (Lipinski definition) is 3. The lowest BCUT2D eigenvalue weighted by Gasteiger charge is -2.15. The number of aromatic nitrogens is 1. The molecule has 4 heteroatoms. The number of amides is 1. The second-order valence-corrected chi connectivity index (χ2v) is 6.28. The topological polar surface area (TPSA) is 51.2 Å². The third-order valence-corrected chi connectivity index (χ3v) is 4.26. The van der Waals surface area contributed by atoms with Crippen LogP contribution in [-0.2, 0) is 11.3 Å². The van der Waals surface area contributed by atoms with Crippen molar-refractivity contribution in [3.05, 3.63) is 23.9 Å². The summed E-state index contributed by atoms with van der Waals surface area (Å²) >= 11 is 0. The van der Waals surface area contributed by atoms with Crippen molar-refractivity contribution >= 4 is 5.91 Å². The van der Waals surface area contributed by atoms with Gasteiger partial charge in [0.1, 0.15) is 0 Å². The predicted octanol–water partition coefficient (Wildman–Crippen LogP) is 2.53. The van der Waals surface area contributed by atoms with Gasteiger partial charge in [0.25, 0.3) is 0 Å². The Hall–Kier alpha value is -1.58. The second kappa shape index (κ2) is 5.43. The molecule has 0 aromatic carbocycles. The highest BCUT2D eigenvalue weighted by Crippen LogP contribution is 2.54. The van der Waals surface area contributed by atoms with Crippen LogP contribution in [0.25, 0.3) is 0 Å². The summed E-state index contributed by atoms with van der Waals surface area (Å²) < 4.78 is 5.66. The lowest BCUT2D eigenvalue weighted by Crippen LogP contribution is -2.29. The number of carbonyl (C=O) groups excluding carboxylic acids is 1. The van der Waals surface area contributed by atoms with E-state index in [1.165, 1.54) is 6.42 Å². The molecule has 4 nitrogen and oxygen atoms in total. The fourth-order valence-corrected chi connectivity index (χ4v) is 3.14. The van der Waals surface area contributed by atoms with Gasteiger partial charge in [-0.15, -0.1) is 0 Å². The SMILES string of the molecule is CC(C)Oc1ncccc1CNC(=O)C1CC2CC2C1. The summed E-state index contributed by atoms with van der Waals surface area (Å²) in [5, 5.41) is 3.04. The van der Waals surface area contributed by atoms with Gasteiger partial charge < -0.3 is 10.1 Å². The van der Waals surface area contributed by atoms with Gasteiger partial charge in [0.2, 0.25) is 11.8 Å². The molecule has 0 spiro atoms. The van der Waals surface area contributed by atoms with Gasteiger partial charge in [-0.3, -0.25) is 4.79 Å². The lowest BCUT2D eigenvalue weighted by atomic mass is 10.0. The zero-order valence-electron chi connectivity index (χ0n) is 12.1. The van der Waals surface area contributed by atoms with Crippen molar-refractivity contribution in [2.45, 2.75) is 45.8 Å². The Morgan fingerprint density at radius 1 is 1.40 bits per heavy atom. The molecular formula is C16H22N2O2. The van der Waals surface area contributed by atoms with Gasteiger partial charge in [-0.2, -0.15) is 0 Å². The van der Waals surface area contributed by atoms with Gasteiger partial charge in [-0.1, -0.05) is 6.07 Å². The Labute approximate surface area is 119 Å². The molecule has 1 heterocycles. The van der Waals surface area contributed by atoms with Gasteiger partial charge in [0.05, 0.1) is 6.10 Å². The second-order valence-electron chi connectivity index (χ2n) is 6.28. The maximum absolute atomic E-state index is 12.1. The van der Waals surface area contributed by atoms with Crippen LogP contribution in [0.2, 0.25) is 0 Å². The first kappa shape index (κ1) is 13.4. The molecule has 1 N–H and O–H groups in total. The monoisotopic (exact) mass is 274 g/mol. The van der Waals surface area contributed by atoms with Gasteiger partial charge in [-0.05, 0) is 51.0 Å². The van der Waals surface area contributed by atoms with E-state index in [2.05, 4.69) is 10.3 Å². The number of rotatable bonds is 5. The van der Waals surface area contributed by atoms with Crippen molar-refractivity contribution in [2.75, 3.05) is 0 Å². The number of nitrogens with one attached hydrogen (secondary N) is 1. The normalized spacial score (nSPS) is 27.2. The number of ether oxygens (including phenoxy) is 1. The Bertz CT molecular complexity index is 491. The molecule has 1 amide bonds. The molecule has 1 aromatic heterocycles. The van der Waals surface area contributed by atoms with E-state index in [9.17, 15) is 4.79 Å². The molecule has 2 aliphatic carbocycles. The summed E-state index contributed by atoms with van der Waals surface area (Å²) in [5.74, 6) is 2.71. The molecule has 0 bridgehead atoms. The minimum absolute atomic E-state index is 0.0845. The van der Waals surface area contributed by atoms with E-state index < -0.39 is 0 Å². The van der Waals surface area contributed by atoms with Crippen LogP contribution in [0.4, 0.5) is 0 Å². The van der Waals surface area contributed by atoms with Crippen LogP contribution in [0.15, 0.2) is 18.3 Å². The van der Waals surface area contributed by atoms with Gasteiger partial charge in [-0.25, -0.2) is 4.98 Å². The number of carbonyl (C=O) groups is 1. The van der Waals surface area contributed by atoms with Crippen molar-refractivity contribution in [3.63, 3.8) is 0 Å². The molecule has 0 aliphatic heterocycles. The Morgan fingerprint density at radius 3 is 2.85 bits per heavy atom. The molecule has 2 atom stereocenters. The third-order valence-electron chi connectivity index (χ3n) is 4.26. The van der Waals surface area contributed by atoms with Crippen molar-refractivity contribution in [1.82, 2.24) is 10.3 Å². The zero-order valence-corrected chi connectivity index (χ0v) is 12.1. The van der Waals surface area contributed by atoms with Crippen molar-refractivity contribution in [1.29, 1.82) is 0 Å². The molecule has 2 fully saturated rings. The van der Waals surface area contributed by atoms with E-state index in [-0.39, 0.29) is 17.9 Å². The van der Waals surface area contributed by atoms with Crippen molar-refractivity contribution in [2.24, 2.45) is 17.8 Å². The number of pyridine rings is 1. The minimum Gasteiger partial charge on any atom is -0.475 e. The summed E-state index contributed by atoms with van der Waals surface area (Å²) in [5.41, 5.74) is 0.942. The highest BCUT2D eigenvalue weighted by Gasteiger charge is 2.47. The number of hydrogen-bond donors (Lipinski definition) is 1. The molecule has 2 unspecified atom stereocenters. The van der Waals surface area contributed by atoms with E-state index in [1.54, 1.807) is 6.20 Å². The van der Waals surface area contributed by atoms with E-state index in [0.717, 1.165) is 30.2 Å². The molecule has 20 heavy (non-hydrogen) atoms. The van der Waals surface area contributed by atoms with Crippen LogP contribution in [0.3, 0.4) is 0 Å².